The Morgan fingerprint density at radius 3 is 2.59 bits per heavy atom. The number of carbonyl (C=O) groups excluding carboxylic acids is 1. The largest absolute Gasteiger partial charge is 0.396 e. The normalized spacial score (nSPS) is 24.4. The minimum absolute atomic E-state index is 0.0401. The molecule has 1 aliphatic carbocycles. The molecule has 4 heteroatoms. The summed E-state index contributed by atoms with van der Waals surface area (Å²) in [4.78, 5) is 12.2. The Balaban J connectivity index is 2.68. The number of aliphatic hydroxyl groups excluding tert-OH is 1. The van der Waals surface area contributed by atoms with Gasteiger partial charge in [0.1, 0.15) is 5.41 Å². The monoisotopic (exact) mass is 238 g/mol. The molecule has 2 N–H and O–H groups in total. The zero-order valence-electron chi connectivity index (χ0n) is 10.7. The summed E-state index contributed by atoms with van der Waals surface area (Å²) in [5.41, 5.74) is -0.900. The summed E-state index contributed by atoms with van der Waals surface area (Å²) in [5, 5.41) is 21.3. The molecule has 0 aromatic heterocycles. The van der Waals surface area contributed by atoms with E-state index < -0.39 is 5.41 Å². The highest BCUT2D eigenvalue weighted by atomic mass is 16.3. The molecular formula is C13H22N2O2. The summed E-state index contributed by atoms with van der Waals surface area (Å²) >= 11 is 0. The van der Waals surface area contributed by atoms with E-state index in [2.05, 4.69) is 11.4 Å². The third kappa shape index (κ3) is 2.78. The molecule has 1 aliphatic rings. The van der Waals surface area contributed by atoms with E-state index in [1.807, 2.05) is 13.8 Å². The number of aliphatic hydroxyl groups is 1. The van der Waals surface area contributed by atoms with Gasteiger partial charge in [-0.3, -0.25) is 4.79 Å². The second-order valence-electron chi connectivity index (χ2n) is 4.85. The highest BCUT2D eigenvalue weighted by molar-refractivity contribution is 5.85. The summed E-state index contributed by atoms with van der Waals surface area (Å²) in [6.45, 7) is 3.84. The molecule has 17 heavy (non-hydrogen) atoms. The van der Waals surface area contributed by atoms with Gasteiger partial charge in [0, 0.05) is 18.6 Å². The van der Waals surface area contributed by atoms with Crippen LogP contribution >= 0.6 is 0 Å². The van der Waals surface area contributed by atoms with Crippen molar-refractivity contribution in [2.24, 2.45) is 11.3 Å². The lowest BCUT2D eigenvalue weighted by molar-refractivity contribution is -0.129. The molecule has 0 saturated heterocycles. The van der Waals surface area contributed by atoms with Crippen molar-refractivity contribution >= 4 is 5.91 Å². The first kappa shape index (κ1) is 14.0. The quantitative estimate of drug-likeness (QED) is 0.764. The topological polar surface area (TPSA) is 73.1 Å². The van der Waals surface area contributed by atoms with Crippen molar-refractivity contribution in [3.05, 3.63) is 0 Å². The van der Waals surface area contributed by atoms with Gasteiger partial charge in [0.05, 0.1) is 6.07 Å². The number of nitriles is 1. The smallest absolute Gasteiger partial charge is 0.240 e. The average molecular weight is 238 g/mol. The summed E-state index contributed by atoms with van der Waals surface area (Å²) < 4.78 is 0. The molecule has 2 atom stereocenters. The van der Waals surface area contributed by atoms with Crippen LogP contribution in [0, 0.1) is 22.7 Å². The van der Waals surface area contributed by atoms with Crippen LogP contribution in [0.1, 0.15) is 46.0 Å². The Labute approximate surface area is 103 Å². The molecule has 96 valence electrons. The number of rotatable bonds is 5. The minimum Gasteiger partial charge on any atom is -0.396 e. The minimum atomic E-state index is -0.900. The fraction of sp³-hybridized carbons (Fsp3) is 0.846. The van der Waals surface area contributed by atoms with Crippen LogP contribution in [0.25, 0.3) is 0 Å². The van der Waals surface area contributed by atoms with E-state index in [4.69, 9.17) is 0 Å². The van der Waals surface area contributed by atoms with Gasteiger partial charge in [-0.2, -0.15) is 5.26 Å². The molecule has 1 rings (SSSR count). The van der Waals surface area contributed by atoms with E-state index >= 15 is 0 Å². The Morgan fingerprint density at radius 2 is 2.12 bits per heavy atom. The van der Waals surface area contributed by atoms with Gasteiger partial charge in [-0.1, -0.05) is 20.3 Å². The molecule has 4 nitrogen and oxygen atoms in total. The first-order valence-electron chi connectivity index (χ1n) is 6.46. The molecule has 1 fully saturated rings. The zero-order chi connectivity index (χ0) is 12.9. The summed E-state index contributed by atoms with van der Waals surface area (Å²) in [7, 11) is 0. The lowest BCUT2D eigenvalue weighted by atomic mass is 9.82. The Morgan fingerprint density at radius 1 is 1.47 bits per heavy atom. The van der Waals surface area contributed by atoms with Gasteiger partial charge in [-0.25, -0.2) is 0 Å². The van der Waals surface area contributed by atoms with Gasteiger partial charge in [0.25, 0.3) is 0 Å². The molecule has 1 amide bonds. The van der Waals surface area contributed by atoms with Crippen LogP contribution in [0.5, 0.6) is 0 Å². The fourth-order valence-electron chi connectivity index (χ4n) is 2.53. The highest BCUT2D eigenvalue weighted by Crippen LogP contribution is 2.29. The Bertz CT molecular complexity index is 305. The summed E-state index contributed by atoms with van der Waals surface area (Å²) in [6, 6.07) is 2.19. The number of hydrogen-bond acceptors (Lipinski definition) is 3. The Kier molecular flexibility index (Phi) is 4.95. The van der Waals surface area contributed by atoms with Crippen molar-refractivity contribution in [2.45, 2.75) is 52.0 Å². The predicted molar refractivity (Wildman–Crippen MR) is 65.0 cm³/mol. The van der Waals surface area contributed by atoms with Gasteiger partial charge in [0.2, 0.25) is 5.91 Å². The fourth-order valence-corrected chi connectivity index (χ4v) is 2.53. The van der Waals surface area contributed by atoms with Crippen LogP contribution in [0.15, 0.2) is 0 Å². The number of nitrogens with one attached hydrogen (secondary N) is 1. The lowest BCUT2D eigenvalue weighted by Gasteiger charge is -2.26. The van der Waals surface area contributed by atoms with Crippen molar-refractivity contribution in [3.8, 4) is 6.07 Å². The van der Waals surface area contributed by atoms with Gasteiger partial charge >= 0.3 is 0 Å². The third-order valence-electron chi connectivity index (χ3n) is 4.07. The maximum absolute atomic E-state index is 12.2. The SMILES string of the molecule is CCC(C#N)(CC)C(=O)NC1CCCC1CO. The number of nitrogens with zero attached hydrogens (tertiary/aromatic N) is 1. The number of hydrogen-bond donors (Lipinski definition) is 2. The van der Waals surface area contributed by atoms with Crippen molar-refractivity contribution in [2.75, 3.05) is 6.61 Å². The van der Waals surface area contributed by atoms with E-state index in [0.717, 1.165) is 19.3 Å². The van der Waals surface area contributed by atoms with E-state index in [-0.39, 0.29) is 24.5 Å². The molecule has 0 aliphatic heterocycles. The van der Waals surface area contributed by atoms with Gasteiger partial charge in [-0.05, 0) is 25.7 Å². The van der Waals surface area contributed by atoms with Crippen molar-refractivity contribution in [3.63, 3.8) is 0 Å². The zero-order valence-corrected chi connectivity index (χ0v) is 10.7. The third-order valence-corrected chi connectivity index (χ3v) is 4.07. The first-order chi connectivity index (χ1) is 8.13. The predicted octanol–water partition coefficient (Wildman–Crippen LogP) is 1.59. The van der Waals surface area contributed by atoms with Gasteiger partial charge in [-0.15, -0.1) is 0 Å². The van der Waals surface area contributed by atoms with Crippen molar-refractivity contribution in [1.82, 2.24) is 5.32 Å². The molecule has 0 aromatic carbocycles. The summed E-state index contributed by atoms with van der Waals surface area (Å²) in [6.07, 6.45) is 3.96. The molecule has 1 saturated carbocycles. The van der Waals surface area contributed by atoms with Crippen LogP contribution in [0.2, 0.25) is 0 Å². The van der Waals surface area contributed by atoms with E-state index in [0.29, 0.717) is 12.8 Å². The van der Waals surface area contributed by atoms with Crippen LogP contribution in [-0.2, 0) is 4.79 Å². The van der Waals surface area contributed by atoms with Crippen molar-refractivity contribution in [1.29, 1.82) is 5.26 Å². The molecule has 0 bridgehead atoms. The first-order valence-corrected chi connectivity index (χ1v) is 6.46. The van der Waals surface area contributed by atoms with E-state index in [1.165, 1.54) is 0 Å². The second kappa shape index (κ2) is 6.02. The molecular weight excluding hydrogens is 216 g/mol. The highest BCUT2D eigenvalue weighted by Gasteiger charge is 2.38. The maximum atomic E-state index is 12.2. The molecule has 0 radical (unpaired) electrons. The van der Waals surface area contributed by atoms with E-state index in [9.17, 15) is 15.2 Å². The number of carbonyl (C=O) groups is 1. The van der Waals surface area contributed by atoms with Gasteiger partial charge in [0.15, 0.2) is 0 Å². The number of amides is 1. The molecule has 0 heterocycles. The van der Waals surface area contributed by atoms with Crippen molar-refractivity contribution < 1.29 is 9.90 Å². The molecule has 0 aromatic rings. The standard InChI is InChI=1S/C13H22N2O2/c1-3-13(4-2,9-14)12(17)15-11-7-5-6-10(11)8-16/h10-11,16H,3-8H2,1-2H3,(H,15,17). The second-order valence-corrected chi connectivity index (χ2v) is 4.85. The van der Waals surface area contributed by atoms with Crippen LogP contribution in [-0.4, -0.2) is 23.7 Å². The summed E-state index contributed by atoms with van der Waals surface area (Å²) in [5.74, 6) is -0.0144. The average Bonchev–Trinajstić information content (AvgIpc) is 2.79. The lowest BCUT2D eigenvalue weighted by Crippen LogP contribution is -2.46. The van der Waals surface area contributed by atoms with Crippen LogP contribution in [0.3, 0.4) is 0 Å². The van der Waals surface area contributed by atoms with E-state index in [1.54, 1.807) is 0 Å². The van der Waals surface area contributed by atoms with Crippen LogP contribution < -0.4 is 5.32 Å². The Hall–Kier alpha value is -1.08. The molecule has 2 unspecified atom stereocenters. The maximum Gasteiger partial charge on any atom is 0.240 e. The van der Waals surface area contributed by atoms with Crippen LogP contribution in [0.4, 0.5) is 0 Å². The van der Waals surface area contributed by atoms with Gasteiger partial charge < -0.3 is 10.4 Å². The molecule has 0 spiro atoms.